The number of anilines is 2. The minimum absolute atomic E-state index is 0.259. The second-order valence-electron chi connectivity index (χ2n) is 5.41. The predicted octanol–water partition coefficient (Wildman–Crippen LogP) is 1.34. The fourth-order valence-corrected chi connectivity index (χ4v) is 2.10. The molecule has 0 unspecified atom stereocenters. The van der Waals surface area contributed by atoms with E-state index in [2.05, 4.69) is 16.0 Å². The van der Waals surface area contributed by atoms with Gasteiger partial charge in [0.15, 0.2) is 9.84 Å². The molecule has 0 aromatic heterocycles. The molecule has 3 amide bonds. The summed E-state index contributed by atoms with van der Waals surface area (Å²) in [7, 11) is -3.43. The van der Waals surface area contributed by atoms with Crippen LogP contribution in [0.2, 0.25) is 0 Å². The number of urea groups is 1. The topological polar surface area (TPSA) is 104 Å². The lowest BCUT2D eigenvalue weighted by Gasteiger charge is -2.11. The van der Waals surface area contributed by atoms with Crippen molar-refractivity contribution in [2.75, 3.05) is 16.9 Å². The standard InChI is InChI=1S/C14H19N3O4S/c1-9(22(2,20)21)13(18)15-10-3-5-11(6-4-10)16-14(19)17-12-7-8-12/h3-6,9,12H,7-8H2,1-2H3,(H,15,18)(H2,16,17,19)/t9-/m1/s1. The normalized spacial score (nSPS) is 15.7. The lowest BCUT2D eigenvalue weighted by atomic mass is 10.2. The van der Waals surface area contributed by atoms with E-state index in [1.54, 1.807) is 24.3 Å². The Morgan fingerprint density at radius 2 is 1.59 bits per heavy atom. The summed E-state index contributed by atoms with van der Waals surface area (Å²) in [6.45, 7) is 1.34. The van der Waals surface area contributed by atoms with Gasteiger partial charge in [-0.1, -0.05) is 0 Å². The van der Waals surface area contributed by atoms with Gasteiger partial charge >= 0.3 is 6.03 Å². The highest BCUT2D eigenvalue weighted by Gasteiger charge is 2.24. The summed E-state index contributed by atoms with van der Waals surface area (Å²) < 4.78 is 22.6. The Kier molecular flexibility index (Phi) is 4.70. The number of carbonyl (C=O) groups is 2. The Hall–Kier alpha value is -2.09. The van der Waals surface area contributed by atoms with Crippen LogP contribution in [0.25, 0.3) is 0 Å². The van der Waals surface area contributed by atoms with Crippen LogP contribution < -0.4 is 16.0 Å². The first-order valence-electron chi connectivity index (χ1n) is 6.93. The number of amides is 3. The van der Waals surface area contributed by atoms with Crippen molar-refractivity contribution in [3.05, 3.63) is 24.3 Å². The smallest absolute Gasteiger partial charge is 0.319 e. The van der Waals surface area contributed by atoms with Crippen molar-refractivity contribution < 1.29 is 18.0 Å². The monoisotopic (exact) mass is 325 g/mol. The molecule has 22 heavy (non-hydrogen) atoms. The molecule has 1 fully saturated rings. The van der Waals surface area contributed by atoms with Gasteiger partial charge in [0.2, 0.25) is 5.91 Å². The Morgan fingerprint density at radius 3 is 2.05 bits per heavy atom. The van der Waals surface area contributed by atoms with Crippen LogP contribution >= 0.6 is 0 Å². The number of hydrogen-bond acceptors (Lipinski definition) is 4. The second kappa shape index (κ2) is 6.35. The molecule has 0 aliphatic heterocycles. The molecule has 2 rings (SSSR count). The van der Waals surface area contributed by atoms with Gasteiger partial charge in [-0.05, 0) is 44.0 Å². The molecular formula is C14H19N3O4S. The van der Waals surface area contributed by atoms with E-state index in [0.717, 1.165) is 19.1 Å². The fraction of sp³-hybridized carbons (Fsp3) is 0.429. The third-order valence-electron chi connectivity index (χ3n) is 3.33. The number of benzene rings is 1. The lowest BCUT2D eigenvalue weighted by molar-refractivity contribution is -0.115. The van der Waals surface area contributed by atoms with Crippen LogP contribution in [0.4, 0.5) is 16.2 Å². The van der Waals surface area contributed by atoms with Crippen LogP contribution in [0.3, 0.4) is 0 Å². The van der Waals surface area contributed by atoms with Gasteiger partial charge in [-0.25, -0.2) is 13.2 Å². The molecule has 8 heteroatoms. The number of sulfone groups is 1. The molecule has 1 saturated carbocycles. The van der Waals surface area contributed by atoms with Crippen LogP contribution in [-0.4, -0.2) is 37.9 Å². The molecule has 0 heterocycles. The van der Waals surface area contributed by atoms with Gasteiger partial charge in [0.1, 0.15) is 5.25 Å². The molecule has 3 N–H and O–H groups in total. The molecule has 0 saturated heterocycles. The average Bonchev–Trinajstić information content (AvgIpc) is 3.22. The molecule has 0 bridgehead atoms. The highest BCUT2D eigenvalue weighted by molar-refractivity contribution is 7.92. The highest BCUT2D eigenvalue weighted by Crippen LogP contribution is 2.19. The molecule has 1 atom stereocenters. The van der Waals surface area contributed by atoms with Crippen molar-refractivity contribution in [1.82, 2.24) is 5.32 Å². The lowest BCUT2D eigenvalue weighted by Crippen LogP contribution is -2.31. The number of hydrogen-bond donors (Lipinski definition) is 3. The quantitative estimate of drug-likeness (QED) is 0.760. The third kappa shape index (κ3) is 4.73. The third-order valence-corrected chi connectivity index (χ3v) is 4.83. The van der Waals surface area contributed by atoms with Crippen molar-refractivity contribution in [3.8, 4) is 0 Å². The molecule has 0 spiro atoms. The molecule has 7 nitrogen and oxygen atoms in total. The summed E-state index contributed by atoms with van der Waals surface area (Å²) >= 11 is 0. The van der Waals surface area contributed by atoms with Crippen molar-refractivity contribution >= 4 is 33.2 Å². The number of carbonyl (C=O) groups excluding carboxylic acids is 2. The molecule has 120 valence electrons. The first-order valence-corrected chi connectivity index (χ1v) is 8.88. The minimum atomic E-state index is -3.43. The van der Waals surface area contributed by atoms with Crippen molar-refractivity contribution in [3.63, 3.8) is 0 Å². The van der Waals surface area contributed by atoms with E-state index in [9.17, 15) is 18.0 Å². The zero-order valence-corrected chi connectivity index (χ0v) is 13.2. The van der Waals surface area contributed by atoms with E-state index in [1.165, 1.54) is 6.92 Å². The zero-order valence-electron chi connectivity index (χ0n) is 12.4. The van der Waals surface area contributed by atoms with Crippen molar-refractivity contribution in [1.29, 1.82) is 0 Å². The Bertz CT molecular complexity index is 666. The Balaban J connectivity index is 1.91. The van der Waals surface area contributed by atoms with Crippen LogP contribution in [0, 0.1) is 0 Å². The van der Waals surface area contributed by atoms with Crippen LogP contribution in [0.5, 0.6) is 0 Å². The zero-order chi connectivity index (χ0) is 16.3. The number of rotatable bonds is 5. The van der Waals surface area contributed by atoms with E-state index in [0.29, 0.717) is 11.4 Å². The van der Waals surface area contributed by atoms with E-state index < -0.39 is 21.0 Å². The van der Waals surface area contributed by atoms with Gasteiger partial charge < -0.3 is 16.0 Å². The van der Waals surface area contributed by atoms with Gasteiger partial charge in [0, 0.05) is 23.7 Å². The predicted molar refractivity (Wildman–Crippen MR) is 84.6 cm³/mol. The maximum atomic E-state index is 11.8. The van der Waals surface area contributed by atoms with E-state index >= 15 is 0 Å². The minimum Gasteiger partial charge on any atom is -0.335 e. The highest BCUT2D eigenvalue weighted by atomic mass is 32.2. The molecule has 1 aliphatic carbocycles. The first kappa shape index (κ1) is 16.3. The Morgan fingerprint density at radius 1 is 1.09 bits per heavy atom. The maximum Gasteiger partial charge on any atom is 0.319 e. The summed E-state index contributed by atoms with van der Waals surface area (Å²) in [4.78, 5) is 23.3. The average molecular weight is 325 g/mol. The second-order valence-corrected chi connectivity index (χ2v) is 7.78. The van der Waals surface area contributed by atoms with E-state index in [1.807, 2.05) is 0 Å². The Labute approximate surface area is 129 Å². The van der Waals surface area contributed by atoms with Crippen LogP contribution in [-0.2, 0) is 14.6 Å². The molecule has 1 aliphatic rings. The summed E-state index contributed by atoms with van der Waals surface area (Å²) in [5.41, 5.74) is 1.06. The summed E-state index contributed by atoms with van der Waals surface area (Å²) in [5.74, 6) is -0.588. The summed E-state index contributed by atoms with van der Waals surface area (Å²) in [6, 6.07) is 6.47. The molecular weight excluding hydrogens is 306 g/mol. The summed E-state index contributed by atoms with van der Waals surface area (Å²) in [6.07, 6.45) is 3.04. The van der Waals surface area contributed by atoms with E-state index in [4.69, 9.17) is 0 Å². The van der Waals surface area contributed by atoms with Gasteiger partial charge in [-0.2, -0.15) is 0 Å². The molecule has 1 aromatic rings. The maximum absolute atomic E-state index is 11.8. The fourth-order valence-electron chi connectivity index (χ4n) is 1.66. The van der Waals surface area contributed by atoms with Crippen LogP contribution in [0.1, 0.15) is 19.8 Å². The van der Waals surface area contributed by atoms with E-state index in [-0.39, 0.29) is 12.1 Å². The molecule has 0 radical (unpaired) electrons. The van der Waals surface area contributed by atoms with Crippen molar-refractivity contribution in [2.45, 2.75) is 31.1 Å². The van der Waals surface area contributed by atoms with Gasteiger partial charge in [0.05, 0.1) is 0 Å². The number of nitrogens with one attached hydrogen (secondary N) is 3. The van der Waals surface area contributed by atoms with Gasteiger partial charge in [-0.3, -0.25) is 4.79 Å². The van der Waals surface area contributed by atoms with Gasteiger partial charge in [0.25, 0.3) is 0 Å². The first-order chi connectivity index (χ1) is 10.3. The molecule has 1 aromatic carbocycles. The summed E-state index contributed by atoms with van der Waals surface area (Å²) in [5, 5.41) is 6.88. The largest absolute Gasteiger partial charge is 0.335 e. The SMILES string of the molecule is C[C@H](C(=O)Nc1ccc(NC(=O)NC2CC2)cc1)S(C)(=O)=O. The van der Waals surface area contributed by atoms with Crippen LogP contribution in [0.15, 0.2) is 24.3 Å². The van der Waals surface area contributed by atoms with Gasteiger partial charge in [-0.15, -0.1) is 0 Å². The van der Waals surface area contributed by atoms with Crippen molar-refractivity contribution in [2.24, 2.45) is 0 Å².